The van der Waals surface area contributed by atoms with E-state index in [9.17, 15) is 4.79 Å². The summed E-state index contributed by atoms with van der Waals surface area (Å²) in [7, 11) is 0. The van der Waals surface area contributed by atoms with Crippen LogP contribution in [0, 0.1) is 0 Å². The molecule has 0 aliphatic carbocycles. The van der Waals surface area contributed by atoms with Crippen LogP contribution >= 0.6 is 0 Å². The molecular weight excluding hydrogens is 396 g/mol. The quantitative estimate of drug-likeness (QED) is 0.673. The van der Waals surface area contributed by atoms with Gasteiger partial charge < -0.3 is 24.2 Å². The van der Waals surface area contributed by atoms with Gasteiger partial charge in [0.2, 0.25) is 11.7 Å². The van der Waals surface area contributed by atoms with E-state index in [1.54, 1.807) is 4.90 Å². The molecule has 1 N–H and O–H groups in total. The molecule has 2 aliphatic heterocycles. The normalized spacial score (nSPS) is 17.2. The summed E-state index contributed by atoms with van der Waals surface area (Å²) in [6.45, 7) is 2.58. The zero-order valence-corrected chi connectivity index (χ0v) is 17.1. The lowest BCUT2D eigenvalue weighted by molar-refractivity contribution is 0.0493. The van der Waals surface area contributed by atoms with Gasteiger partial charge in [0, 0.05) is 30.4 Å². The molecule has 0 bridgehead atoms. The summed E-state index contributed by atoms with van der Waals surface area (Å²) in [5, 5.41) is 7.01. The minimum absolute atomic E-state index is 0.0160. The summed E-state index contributed by atoms with van der Waals surface area (Å²) in [5.74, 6) is 2.30. The van der Waals surface area contributed by atoms with Gasteiger partial charge >= 0.3 is 6.03 Å². The Hall–Kier alpha value is -3.39. The van der Waals surface area contributed by atoms with E-state index in [1.807, 2.05) is 54.6 Å². The van der Waals surface area contributed by atoms with E-state index < -0.39 is 0 Å². The second-order valence-electron chi connectivity index (χ2n) is 7.81. The number of amides is 2. The second-order valence-corrected chi connectivity index (χ2v) is 7.81. The van der Waals surface area contributed by atoms with Crippen LogP contribution in [0.5, 0.6) is 5.75 Å². The molecule has 0 radical (unpaired) electrons. The molecule has 2 amide bonds. The number of hydrogen-bond donors (Lipinski definition) is 1. The summed E-state index contributed by atoms with van der Waals surface area (Å²) in [6.07, 6.45) is 1.81. The molecule has 2 fully saturated rings. The molecule has 8 nitrogen and oxygen atoms in total. The standard InChI is InChI=1S/C23H24N4O4/c28-23(24-18-4-2-1-3-5-18)27-14-20(15-27)30-19-8-6-16(7-9-19)21-25-22(31-26-21)17-10-12-29-13-11-17/h1-9,17,20H,10-15H2,(H,24,28). The fourth-order valence-electron chi connectivity index (χ4n) is 3.74. The molecule has 1 aromatic heterocycles. The number of carbonyl (C=O) groups excluding carboxylic acids is 1. The Bertz CT molecular complexity index is 1010. The molecule has 160 valence electrons. The predicted molar refractivity (Wildman–Crippen MR) is 114 cm³/mol. The van der Waals surface area contributed by atoms with E-state index in [0.717, 1.165) is 43.1 Å². The molecule has 2 aromatic carbocycles. The lowest BCUT2D eigenvalue weighted by Gasteiger charge is -2.38. The minimum atomic E-state index is -0.112. The Balaban J connectivity index is 1.12. The number of para-hydroxylation sites is 1. The monoisotopic (exact) mass is 420 g/mol. The first-order valence-electron chi connectivity index (χ1n) is 10.5. The van der Waals surface area contributed by atoms with Crippen molar-refractivity contribution in [1.29, 1.82) is 0 Å². The summed E-state index contributed by atoms with van der Waals surface area (Å²) >= 11 is 0. The topological polar surface area (TPSA) is 89.7 Å². The van der Waals surface area contributed by atoms with E-state index in [2.05, 4.69) is 15.5 Å². The average Bonchev–Trinajstić information content (AvgIpc) is 3.28. The molecule has 2 saturated heterocycles. The number of likely N-dealkylation sites (tertiary alicyclic amines) is 1. The molecule has 0 unspecified atom stereocenters. The molecule has 5 rings (SSSR count). The second kappa shape index (κ2) is 8.77. The van der Waals surface area contributed by atoms with Crippen LogP contribution < -0.4 is 10.1 Å². The van der Waals surface area contributed by atoms with Crippen molar-refractivity contribution in [2.24, 2.45) is 0 Å². The predicted octanol–water partition coefficient (Wildman–Crippen LogP) is 3.93. The molecule has 2 aliphatic rings. The molecule has 0 atom stereocenters. The maximum absolute atomic E-state index is 12.2. The van der Waals surface area contributed by atoms with Crippen LogP contribution in [0.25, 0.3) is 11.4 Å². The van der Waals surface area contributed by atoms with Gasteiger partial charge in [0.1, 0.15) is 11.9 Å². The number of nitrogens with one attached hydrogen (secondary N) is 1. The number of carbonyl (C=O) groups is 1. The molecule has 0 spiro atoms. The van der Waals surface area contributed by atoms with Gasteiger partial charge in [-0.3, -0.25) is 0 Å². The van der Waals surface area contributed by atoms with Crippen LogP contribution in [0.2, 0.25) is 0 Å². The van der Waals surface area contributed by atoms with Gasteiger partial charge in [-0.2, -0.15) is 4.98 Å². The average molecular weight is 420 g/mol. The van der Waals surface area contributed by atoms with E-state index in [4.69, 9.17) is 14.0 Å². The van der Waals surface area contributed by atoms with Crippen molar-refractivity contribution in [2.75, 3.05) is 31.6 Å². The molecule has 3 aromatic rings. The summed E-state index contributed by atoms with van der Waals surface area (Å²) < 4.78 is 16.8. The highest BCUT2D eigenvalue weighted by atomic mass is 16.5. The van der Waals surface area contributed by atoms with Gasteiger partial charge in [0.25, 0.3) is 0 Å². The fourth-order valence-corrected chi connectivity index (χ4v) is 3.74. The molecule has 8 heteroatoms. The summed E-state index contributed by atoms with van der Waals surface area (Å²) in [6, 6.07) is 16.9. The number of ether oxygens (including phenoxy) is 2. The summed E-state index contributed by atoms with van der Waals surface area (Å²) in [5.41, 5.74) is 1.67. The van der Waals surface area contributed by atoms with Gasteiger partial charge in [-0.1, -0.05) is 23.4 Å². The van der Waals surface area contributed by atoms with Crippen LogP contribution in [-0.2, 0) is 4.74 Å². The van der Waals surface area contributed by atoms with Gasteiger partial charge in [-0.05, 0) is 49.2 Å². The SMILES string of the molecule is O=C(Nc1ccccc1)N1CC(Oc2ccc(-c3noc(C4CCOCC4)n3)cc2)C1. The van der Waals surface area contributed by atoms with Crippen molar-refractivity contribution in [3.8, 4) is 17.1 Å². The van der Waals surface area contributed by atoms with Crippen molar-refractivity contribution in [3.05, 3.63) is 60.5 Å². The molecule has 0 saturated carbocycles. The Morgan fingerprint density at radius 2 is 1.77 bits per heavy atom. The maximum atomic E-state index is 12.2. The summed E-state index contributed by atoms with van der Waals surface area (Å²) in [4.78, 5) is 18.5. The van der Waals surface area contributed by atoms with Crippen molar-refractivity contribution in [1.82, 2.24) is 15.0 Å². The smallest absolute Gasteiger partial charge is 0.322 e. The Labute approximate surface area is 180 Å². The highest BCUT2D eigenvalue weighted by Crippen LogP contribution is 2.28. The minimum Gasteiger partial charge on any atom is -0.487 e. The number of hydrogen-bond acceptors (Lipinski definition) is 6. The van der Waals surface area contributed by atoms with Gasteiger partial charge in [-0.15, -0.1) is 0 Å². The van der Waals surface area contributed by atoms with Crippen molar-refractivity contribution >= 4 is 11.7 Å². The van der Waals surface area contributed by atoms with E-state index in [0.29, 0.717) is 24.8 Å². The van der Waals surface area contributed by atoms with Crippen LogP contribution in [0.3, 0.4) is 0 Å². The van der Waals surface area contributed by atoms with Gasteiger partial charge in [0.15, 0.2) is 0 Å². The first-order chi connectivity index (χ1) is 15.2. The lowest BCUT2D eigenvalue weighted by atomic mass is 10.0. The first kappa shape index (κ1) is 19.6. The Morgan fingerprint density at radius 1 is 1.03 bits per heavy atom. The van der Waals surface area contributed by atoms with Crippen molar-refractivity contribution in [2.45, 2.75) is 24.9 Å². The number of anilines is 1. The zero-order chi connectivity index (χ0) is 21.0. The molecule has 31 heavy (non-hydrogen) atoms. The molecular formula is C23H24N4O4. The molecule has 3 heterocycles. The van der Waals surface area contributed by atoms with E-state index in [-0.39, 0.29) is 18.1 Å². The lowest BCUT2D eigenvalue weighted by Crippen LogP contribution is -2.57. The third kappa shape index (κ3) is 4.54. The van der Waals surface area contributed by atoms with E-state index >= 15 is 0 Å². The highest BCUT2D eigenvalue weighted by molar-refractivity contribution is 5.89. The third-order valence-corrected chi connectivity index (χ3v) is 5.59. The number of urea groups is 1. The van der Waals surface area contributed by atoms with Crippen molar-refractivity contribution in [3.63, 3.8) is 0 Å². The van der Waals surface area contributed by atoms with Crippen molar-refractivity contribution < 1.29 is 18.8 Å². The van der Waals surface area contributed by atoms with Gasteiger partial charge in [0.05, 0.1) is 13.1 Å². The number of aromatic nitrogens is 2. The van der Waals surface area contributed by atoms with Gasteiger partial charge in [-0.25, -0.2) is 4.79 Å². The van der Waals surface area contributed by atoms with E-state index in [1.165, 1.54) is 0 Å². The van der Waals surface area contributed by atoms with Crippen LogP contribution in [0.4, 0.5) is 10.5 Å². The van der Waals surface area contributed by atoms with Crippen LogP contribution in [0.1, 0.15) is 24.7 Å². The Morgan fingerprint density at radius 3 is 2.52 bits per heavy atom. The zero-order valence-electron chi connectivity index (χ0n) is 17.1. The Kier molecular flexibility index (Phi) is 5.54. The number of benzene rings is 2. The number of nitrogens with zero attached hydrogens (tertiary/aromatic N) is 3. The van der Waals surface area contributed by atoms with Crippen LogP contribution in [0.15, 0.2) is 59.1 Å². The maximum Gasteiger partial charge on any atom is 0.322 e. The fraction of sp³-hybridized carbons (Fsp3) is 0.348. The van der Waals surface area contributed by atoms with Crippen LogP contribution in [-0.4, -0.2) is 53.5 Å². The first-order valence-corrected chi connectivity index (χ1v) is 10.5. The largest absolute Gasteiger partial charge is 0.487 e. The number of rotatable bonds is 5. The third-order valence-electron chi connectivity index (χ3n) is 5.59. The highest BCUT2D eigenvalue weighted by Gasteiger charge is 2.32.